The van der Waals surface area contributed by atoms with Gasteiger partial charge in [-0.25, -0.2) is 9.78 Å². The number of amides is 11. The van der Waals surface area contributed by atoms with Crippen LogP contribution in [0.5, 0.6) is 0 Å². The van der Waals surface area contributed by atoms with Gasteiger partial charge in [-0.2, -0.15) is 11.8 Å². The van der Waals surface area contributed by atoms with Crippen LogP contribution in [0.4, 0.5) is 0 Å². The standard InChI is InChI=1S/C61H87N17O15S/c1-34(2)50(76-52(84)39(21-25-94-4)70-57(89)46-20-13-24-78(46)59(91)44(75-51(83)35(3)62)27-37-16-9-6-10-17-37)58(90)68-31-47(79)67-32-48(80)77-23-12-19-45(77)56(88)74-43(29-49(81)82)55(87)73-42(28-38-30-65-33-69-38)54(86)72-41(26-36-14-7-5-8-15-36)53(85)71-40(60(92)93)18-11-22-66-61(63)64/h5-10,14-17,30,33-35,39-46,50H,11-13,18-29,31-32,62H2,1-4H3,(H,65,69)(H,67,79)(H,68,90)(H,70,89)(H,71,85)(H,72,86)(H,73,87)(H,74,88)(H,75,83)(H,76,84)(H,81,82)(H,92,93)(H4,63,64,66)/t35-,39-,40-,41-,42-,43-,44-,45-,46-,50-/m0/s1. The number of rotatable bonds is 37. The normalized spacial score (nSPS) is 16.8. The van der Waals surface area contributed by atoms with Gasteiger partial charge in [0.05, 0.1) is 31.9 Å². The topological polar surface area (TPSA) is 496 Å². The van der Waals surface area contributed by atoms with Crippen LogP contribution in [0.2, 0.25) is 0 Å². The zero-order valence-electron chi connectivity index (χ0n) is 52.9. The number of aliphatic imine (C=N–C) groups is 1. The molecule has 10 atom stereocenters. The van der Waals surface area contributed by atoms with E-state index in [0.29, 0.717) is 23.4 Å². The molecule has 0 radical (unpaired) electrons. The molecular weight excluding hydrogens is 1240 g/mol. The molecule has 11 amide bonds. The highest BCUT2D eigenvalue weighted by Gasteiger charge is 2.41. The van der Waals surface area contributed by atoms with Crippen LogP contribution in [-0.2, 0) is 81.6 Å². The first-order chi connectivity index (χ1) is 44.8. The molecule has 2 aromatic carbocycles. The number of nitrogens with two attached hydrogens (primary N) is 3. The minimum Gasteiger partial charge on any atom is -0.481 e. The summed E-state index contributed by atoms with van der Waals surface area (Å²) >= 11 is 1.41. The van der Waals surface area contributed by atoms with E-state index < -0.39 is 163 Å². The smallest absolute Gasteiger partial charge is 0.326 e. The summed E-state index contributed by atoms with van der Waals surface area (Å²) in [6, 6.07) is 4.60. The van der Waals surface area contributed by atoms with Gasteiger partial charge in [-0.15, -0.1) is 0 Å². The van der Waals surface area contributed by atoms with Gasteiger partial charge in [0, 0.05) is 50.8 Å². The molecule has 2 saturated heterocycles. The lowest BCUT2D eigenvalue weighted by atomic mass is 10.0. The van der Waals surface area contributed by atoms with Crippen molar-refractivity contribution in [1.29, 1.82) is 0 Å². The monoisotopic (exact) mass is 1330 g/mol. The van der Waals surface area contributed by atoms with Gasteiger partial charge in [-0.3, -0.25) is 62.5 Å². The third kappa shape index (κ3) is 24.1. The number of carbonyl (C=O) groups excluding carboxylic acids is 11. The highest BCUT2D eigenvalue weighted by Crippen LogP contribution is 2.22. The first-order valence-corrected chi connectivity index (χ1v) is 32.2. The third-order valence-electron chi connectivity index (χ3n) is 15.5. The number of aromatic amines is 1. The molecule has 2 fully saturated rings. The lowest BCUT2D eigenvalue weighted by Crippen LogP contribution is -2.60. The molecule has 0 aliphatic carbocycles. The predicted octanol–water partition coefficient (Wildman–Crippen LogP) is -3.59. The highest BCUT2D eigenvalue weighted by molar-refractivity contribution is 7.98. The van der Waals surface area contributed by atoms with Crippen molar-refractivity contribution in [3.8, 4) is 0 Å². The number of aliphatic carboxylic acids is 2. The van der Waals surface area contributed by atoms with Gasteiger partial charge in [0.1, 0.15) is 54.4 Å². The summed E-state index contributed by atoms with van der Waals surface area (Å²) in [6.45, 7) is 3.75. The largest absolute Gasteiger partial charge is 0.481 e. The van der Waals surface area contributed by atoms with Crippen LogP contribution in [0.25, 0.3) is 0 Å². The van der Waals surface area contributed by atoms with Crippen LogP contribution in [-0.4, -0.2) is 218 Å². The minimum atomic E-state index is -1.84. The van der Waals surface area contributed by atoms with Crippen molar-refractivity contribution in [1.82, 2.24) is 67.6 Å². The summed E-state index contributed by atoms with van der Waals surface area (Å²) in [5.74, 6) is -11.9. The molecule has 18 N–H and O–H groups in total. The number of imidazole rings is 1. The fourth-order valence-corrected chi connectivity index (χ4v) is 11.0. The first kappa shape index (κ1) is 75.1. The number of likely N-dealkylation sites (tertiary alicyclic amines) is 2. The molecule has 512 valence electrons. The molecular formula is C61H87N17O15S. The molecule has 5 rings (SSSR count). The van der Waals surface area contributed by atoms with Gasteiger partial charge < -0.3 is 90.0 Å². The van der Waals surface area contributed by atoms with E-state index in [1.807, 2.05) is 6.07 Å². The second kappa shape index (κ2) is 37.8. The maximum absolute atomic E-state index is 14.3. The zero-order valence-corrected chi connectivity index (χ0v) is 53.7. The van der Waals surface area contributed by atoms with Crippen LogP contribution < -0.4 is 65.1 Å². The highest BCUT2D eigenvalue weighted by atomic mass is 32.2. The molecule has 94 heavy (non-hydrogen) atoms. The van der Waals surface area contributed by atoms with Crippen molar-refractivity contribution in [3.05, 3.63) is 90.0 Å². The Bertz CT molecular complexity index is 3140. The average Bonchev–Trinajstić information content (AvgIpc) is 1.64. The maximum atomic E-state index is 14.3. The second-order valence-corrected chi connectivity index (χ2v) is 24.1. The quantitative estimate of drug-likeness (QED) is 0.0151. The Labute approximate surface area is 547 Å². The van der Waals surface area contributed by atoms with Gasteiger partial charge >= 0.3 is 11.9 Å². The predicted molar refractivity (Wildman–Crippen MR) is 343 cm³/mol. The number of H-pyrrole nitrogens is 1. The van der Waals surface area contributed by atoms with E-state index in [4.69, 9.17) is 17.2 Å². The third-order valence-corrected chi connectivity index (χ3v) is 16.1. The molecule has 0 saturated carbocycles. The number of nitrogens with zero attached hydrogens (tertiary/aromatic N) is 4. The Kier molecular flexibility index (Phi) is 30.1. The Morgan fingerprint density at radius 1 is 0.628 bits per heavy atom. The number of hydrogen-bond donors (Lipinski definition) is 15. The molecule has 33 heteroatoms. The van der Waals surface area contributed by atoms with Crippen molar-refractivity contribution in [2.45, 2.75) is 152 Å². The number of carboxylic acids is 2. The lowest BCUT2D eigenvalue weighted by molar-refractivity contribution is -0.143. The van der Waals surface area contributed by atoms with Gasteiger partial charge in [0.15, 0.2) is 5.96 Å². The number of aromatic nitrogens is 2. The first-order valence-electron chi connectivity index (χ1n) is 30.8. The van der Waals surface area contributed by atoms with Crippen molar-refractivity contribution < 1.29 is 72.5 Å². The molecule has 0 unspecified atom stereocenters. The van der Waals surface area contributed by atoms with Gasteiger partial charge in [0.25, 0.3) is 0 Å². The molecule has 2 aliphatic rings. The van der Waals surface area contributed by atoms with Crippen molar-refractivity contribution in [2.75, 3.05) is 44.7 Å². The Balaban J connectivity index is 1.18. The molecule has 0 spiro atoms. The summed E-state index contributed by atoms with van der Waals surface area (Å²) in [5.41, 5.74) is 18.2. The SMILES string of the molecule is CSCC[C@H](NC(=O)[C@@H]1CCCN1C(=O)[C@H](Cc1ccccc1)NC(=O)[C@H](C)N)C(=O)N[C@H](C(=O)NCC(=O)NCC(=O)N1CCC[C@H]1C(=O)N[C@@H](CC(=O)O)C(=O)N[C@@H](Cc1cnc[nH]1)C(=O)N[C@@H](Cc1ccccc1)C(=O)N[C@@H](CCCN=C(N)N)C(=O)O)C(C)C. The summed E-state index contributed by atoms with van der Waals surface area (Å²) in [4.78, 5) is 189. The number of nitrogens with one attached hydrogen (secondary N) is 10. The molecule has 32 nitrogen and oxygen atoms in total. The molecule has 2 aliphatic heterocycles. The molecule has 3 aromatic rings. The molecule has 1 aromatic heterocycles. The fraction of sp³-hybridized carbons (Fsp3) is 0.525. The number of benzene rings is 2. The Morgan fingerprint density at radius 2 is 1.16 bits per heavy atom. The van der Waals surface area contributed by atoms with Crippen LogP contribution in [0.1, 0.15) is 89.0 Å². The number of hydrogen-bond acceptors (Lipinski definition) is 17. The number of carboxylic acid groups (broad SMARTS) is 2. The fourth-order valence-electron chi connectivity index (χ4n) is 10.5. The molecule has 0 bridgehead atoms. The van der Waals surface area contributed by atoms with Crippen molar-refractivity contribution in [3.63, 3.8) is 0 Å². The summed E-state index contributed by atoms with van der Waals surface area (Å²) in [6.07, 6.45) is 4.46. The average molecular weight is 1330 g/mol. The minimum absolute atomic E-state index is 0.0172. The summed E-state index contributed by atoms with van der Waals surface area (Å²) in [5, 5.41) is 42.8. The number of guanidine groups is 1. The van der Waals surface area contributed by atoms with E-state index in [9.17, 15) is 72.5 Å². The Morgan fingerprint density at radius 3 is 1.70 bits per heavy atom. The second-order valence-electron chi connectivity index (χ2n) is 23.1. The van der Waals surface area contributed by atoms with E-state index in [2.05, 4.69) is 62.8 Å². The van der Waals surface area contributed by atoms with Gasteiger partial charge in [-0.1, -0.05) is 74.5 Å². The van der Waals surface area contributed by atoms with Crippen LogP contribution in [0.3, 0.4) is 0 Å². The van der Waals surface area contributed by atoms with Crippen molar-refractivity contribution >= 4 is 94.6 Å². The van der Waals surface area contributed by atoms with Gasteiger partial charge in [-0.05, 0) is 80.9 Å². The summed E-state index contributed by atoms with van der Waals surface area (Å²) < 4.78 is 0. The summed E-state index contributed by atoms with van der Waals surface area (Å²) in [7, 11) is 0. The van der Waals surface area contributed by atoms with E-state index in [1.165, 1.54) is 36.1 Å². The maximum Gasteiger partial charge on any atom is 0.326 e. The van der Waals surface area contributed by atoms with E-state index >= 15 is 0 Å². The van der Waals surface area contributed by atoms with Crippen LogP contribution >= 0.6 is 11.8 Å². The van der Waals surface area contributed by atoms with Crippen molar-refractivity contribution in [2.24, 2.45) is 28.1 Å². The van der Waals surface area contributed by atoms with Crippen LogP contribution in [0, 0.1) is 5.92 Å². The van der Waals surface area contributed by atoms with Gasteiger partial charge in [0.2, 0.25) is 65.0 Å². The Hall–Kier alpha value is -9.66. The van der Waals surface area contributed by atoms with E-state index in [-0.39, 0.29) is 83.4 Å². The van der Waals surface area contributed by atoms with Crippen LogP contribution in [0.15, 0.2) is 78.2 Å². The molecule has 3 heterocycles. The number of thioether (sulfide) groups is 1. The van der Waals surface area contributed by atoms with E-state index in [0.717, 1.165) is 10.5 Å². The number of carbonyl (C=O) groups is 13. The zero-order chi connectivity index (χ0) is 69.0. The lowest BCUT2D eigenvalue weighted by Gasteiger charge is -2.30. The van der Waals surface area contributed by atoms with E-state index in [1.54, 1.807) is 74.7 Å².